The van der Waals surface area contributed by atoms with Crippen LogP contribution in [0.3, 0.4) is 0 Å². The molecule has 0 heterocycles. The molecule has 0 aromatic heterocycles. The molecule has 0 amide bonds. The minimum atomic E-state index is 0. The van der Waals surface area contributed by atoms with E-state index >= 15 is 0 Å². The van der Waals surface area contributed by atoms with E-state index in [-0.39, 0.29) is 40.6 Å². The van der Waals surface area contributed by atoms with Gasteiger partial charge >= 0.3 is 37.7 Å². The molecule has 1 aliphatic carbocycles. The minimum absolute atomic E-state index is 0. The molecular weight excluding hydrogens is 110 g/mol. The van der Waals surface area contributed by atoms with Crippen molar-refractivity contribution in [2.24, 2.45) is 5.92 Å². The monoisotopic (exact) mass is 128 g/mol. The third kappa shape index (κ3) is 4.93. The Bertz CT molecular complexity index is 66.1. The van der Waals surface area contributed by atoms with Crippen molar-refractivity contribution in [3.63, 3.8) is 0 Å². The van der Waals surface area contributed by atoms with Crippen molar-refractivity contribution in [1.82, 2.24) is 0 Å². The Kier molecular flexibility index (Phi) is 11.4. The van der Waals surface area contributed by atoms with Gasteiger partial charge in [-0.15, -0.1) is 0 Å². The quantitative estimate of drug-likeness (QED) is 0.335. The Balaban J connectivity index is -0.0000000800. The van der Waals surface area contributed by atoms with Crippen LogP contribution in [0, 0.1) is 5.92 Å². The predicted molar refractivity (Wildman–Crippen MR) is 39.1 cm³/mol. The van der Waals surface area contributed by atoms with E-state index in [1.54, 1.807) is 0 Å². The summed E-state index contributed by atoms with van der Waals surface area (Å²) in [5, 5.41) is 0. The molecule has 0 nitrogen and oxygen atoms in total. The minimum Gasteiger partial charge on any atom is -1.00 e. The van der Waals surface area contributed by atoms with Gasteiger partial charge in [0.05, 0.1) is 0 Å². The second-order valence-corrected chi connectivity index (χ2v) is 2.91. The van der Waals surface area contributed by atoms with Crippen LogP contribution in [0.1, 0.15) is 48.3 Å². The summed E-state index contributed by atoms with van der Waals surface area (Å²) in [6.07, 6.45) is 8.93. The van der Waals surface area contributed by atoms with Gasteiger partial charge in [0.2, 0.25) is 0 Å². The summed E-state index contributed by atoms with van der Waals surface area (Å²) in [7, 11) is 0. The van der Waals surface area contributed by atoms with Crippen LogP contribution in [0.5, 0.6) is 0 Å². The van der Waals surface area contributed by atoms with Crippen LogP contribution in [0.4, 0.5) is 0 Å². The standard InChI is InChI=1S/C8H16.2Li.2H/c1-2-8-6-4-3-5-7-8;;;;/h8H,2-7H2,1H3;;;;/q;2*+1;2*-1. The largest absolute Gasteiger partial charge is 1.00 e. The first-order valence-corrected chi connectivity index (χ1v) is 3.93. The van der Waals surface area contributed by atoms with Crippen LogP contribution in [0.25, 0.3) is 0 Å². The van der Waals surface area contributed by atoms with Crippen molar-refractivity contribution >= 4 is 0 Å². The first kappa shape index (κ1) is 13.8. The van der Waals surface area contributed by atoms with Crippen LogP contribution >= 0.6 is 0 Å². The van der Waals surface area contributed by atoms with Gasteiger partial charge in [-0.05, 0) is 5.92 Å². The topological polar surface area (TPSA) is 0 Å². The second-order valence-electron chi connectivity index (χ2n) is 2.91. The van der Waals surface area contributed by atoms with Crippen molar-refractivity contribution in [1.29, 1.82) is 0 Å². The molecule has 0 radical (unpaired) electrons. The first-order chi connectivity index (χ1) is 3.93. The molecule has 0 saturated heterocycles. The molecule has 0 aromatic carbocycles. The Morgan fingerprint density at radius 1 is 1.10 bits per heavy atom. The molecule has 0 atom stereocenters. The van der Waals surface area contributed by atoms with E-state index in [2.05, 4.69) is 6.92 Å². The fourth-order valence-electron chi connectivity index (χ4n) is 1.60. The fraction of sp³-hybridized carbons (Fsp3) is 1.00. The van der Waals surface area contributed by atoms with Gasteiger partial charge in [0.1, 0.15) is 0 Å². The molecule has 0 N–H and O–H groups in total. The van der Waals surface area contributed by atoms with E-state index in [1.807, 2.05) is 0 Å². The molecule has 2 heteroatoms. The zero-order chi connectivity index (χ0) is 5.82. The van der Waals surface area contributed by atoms with E-state index in [4.69, 9.17) is 0 Å². The molecule has 0 spiro atoms. The third-order valence-corrected chi connectivity index (χ3v) is 2.30. The maximum Gasteiger partial charge on any atom is 1.00 e. The maximum atomic E-state index is 2.32. The van der Waals surface area contributed by atoms with E-state index in [1.165, 1.54) is 38.5 Å². The summed E-state index contributed by atoms with van der Waals surface area (Å²) in [6, 6.07) is 0. The van der Waals surface area contributed by atoms with Crippen LogP contribution < -0.4 is 37.7 Å². The van der Waals surface area contributed by atoms with Crippen LogP contribution in [-0.4, -0.2) is 0 Å². The van der Waals surface area contributed by atoms with Crippen LogP contribution in [0.2, 0.25) is 0 Å². The fourth-order valence-corrected chi connectivity index (χ4v) is 1.60. The van der Waals surface area contributed by atoms with E-state index in [0.29, 0.717) is 0 Å². The second kappa shape index (κ2) is 8.29. The summed E-state index contributed by atoms with van der Waals surface area (Å²) in [5.41, 5.74) is 0. The summed E-state index contributed by atoms with van der Waals surface area (Å²) in [4.78, 5) is 0. The molecule has 1 aliphatic rings. The van der Waals surface area contributed by atoms with Gasteiger partial charge in [-0.1, -0.05) is 45.4 Å². The van der Waals surface area contributed by atoms with Gasteiger partial charge in [0, 0.05) is 0 Å². The average molecular weight is 128 g/mol. The number of rotatable bonds is 1. The molecular formula is C8H18Li2. The van der Waals surface area contributed by atoms with Gasteiger partial charge in [0.15, 0.2) is 0 Å². The van der Waals surface area contributed by atoms with Crippen molar-refractivity contribution in [2.75, 3.05) is 0 Å². The van der Waals surface area contributed by atoms with Crippen LogP contribution in [0.15, 0.2) is 0 Å². The Labute approximate surface area is 91.9 Å². The predicted octanol–water partition coefficient (Wildman–Crippen LogP) is -2.79. The van der Waals surface area contributed by atoms with Crippen molar-refractivity contribution in [3.8, 4) is 0 Å². The summed E-state index contributed by atoms with van der Waals surface area (Å²) < 4.78 is 0. The SMILES string of the molecule is CCC1CCCCC1.[H-].[H-].[Li+].[Li+]. The Morgan fingerprint density at radius 3 is 1.90 bits per heavy atom. The van der Waals surface area contributed by atoms with E-state index < -0.39 is 0 Å². The summed E-state index contributed by atoms with van der Waals surface area (Å²) in [5.74, 6) is 1.09. The number of hydrogen-bond acceptors (Lipinski definition) is 0. The molecule has 1 fully saturated rings. The first-order valence-electron chi connectivity index (χ1n) is 3.93. The Morgan fingerprint density at radius 2 is 1.60 bits per heavy atom. The molecule has 52 valence electrons. The summed E-state index contributed by atoms with van der Waals surface area (Å²) >= 11 is 0. The maximum absolute atomic E-state index is 2.32. The van der Waals surface area contributed by atoms with Gasteiger partial charge in [-0.3, -0.25) is 0 Å². The zero-order valence-corrected chi connectivity index (χ0v) is 7.82. The zero-order valence-electron chi connectivity index (χ0n) is 9.82. The normalized spacial score (nSPS) is 18.9. The van der Waals surface area contributed by atoms with Gasteiger partial charge < -0.3 is 2.85 Å². The van der Waals surface area contributed by atoms with Crippen molar-refractivity contribution < 1.29 is 40.6 Å². The summed E-state index contributed by atoms with van der Waals surface area (Å²) in [6.45, 7) is 2.32. The molecule has 0 aromatic rings. The molecule has 10 heavy (non-hydrogen) atoms. The van der Waals surface area contributed by atoms with Crippen molar-refractivity contribution in [3.05, 3.63) is 0 Å². The Hall–Kier alpha value is 1.19. The van der Waals surface area contributed by atoms with Crippen molar-refractivity contribution in [2.45, 2.75) is 45.4 Å². The van der Waals surface area contributed by atoms with Gasteiger partial charge in [-0.2, -0.15) is 0 Å². The number of hydrogen-bond donors (Lipinski definition) is 0. The van der Waals surface area contributed by atoms with Gasteiger partial charge in [-0.25, -0.2) is 0 Å². The molecule has 0 unspecified atom stereocenters. The van der Waals surface area contributed by atoms with E-state index in [9.17, 15) is 0 Å². The van der Waals surface area contributed by atoms with Gasteiger partial charge in [0.25, 0.3) is 0 Å². The smallest absolute Gasteiger partial charge is 1.00 e. The van der Waals surface area contributed by atoms with Crippen LogP contribution in [-0.2, 0) is 0 Å². The van der Waals surface area contributed by atoms with E-state index in [0.717, 1.165) is 5.92 Å². The molecule has 1 rings (SSSR count). The molecule has 0 bridgehead atoms. The molecule has 1 saturated carbocycles. The molecule has 0 aliphatic heterocycles. The third-order valence-electron chi connectivity index (χ3n) is 2.30. The average Bonchev–Trinajstić information content (AvgIpc) is 1.90.